The van der Waals surface area contributed by atoms with Gasteiger partial charge in [-0.25, -0.2) is 0 Å². The maximum absolute atomic E-state index is 3.26. The molecule has 1 N–H and O–H groups in total. The molecule has 2 rings (SSSR count). The SMILES string of the molecule is CC1=C[CH]C2=CC(C)=CNC2=C1. The molecule has 12 heavy (non-hydrogen) atoms. The van der Waals surface area contributed by atoms with Crippen molar-refractivity contribution >= 4 is 0 Å². The number of hydrogen-bond donors (Lipinski definition) is 1. The van der Waals surface area contributed by atoms with Crippen molar-refractivity contribution in [3.8, 4) is 0 Å². The Morgan fingerprint density at radius 3 is 2.75 bits per heavy atom. The molecular formula is C11H12N. The third-order valence-electron chi connectivity index (χ3n) is 2.05. The predicted molar refractivity (Wildman–Crippen MR) is 51.1 cm³/mol. The lowest BCUT2D eigenvalue weighted by Crippen LogP contribution is -2.14. The van der Waals surface area contributed by atoms with Crippen LogP contribution in [0.5, 0.6) is 0 Å². The molecule has 1 heteroatoms. The van der Waals surface area contributed by atoms with Crippen LogP contribution in [0, 0.1) is 6.42 Å². The van der Waals surface area contributed by atoms with Crippen molar-refractivity contribution in [2.24, 2.45) is 0 Å². The third-order valence-corrected chi connectivity index (χ3v) is 2.05. The topological polar surface area (TPSA) is 12.0 Å². The zero-order chi connectivity index (χ0) is 8.55. The Balaban J connectivity index is 2.35. The highest BCUT2D eigenvalue weighted by Gasteiger charge is 2.11. The normalized spacial score (nSPS) is 21.2. The van der Waals surface area contributed by atoms with Crippen LogP contribution in [0.4, 0.5) is 0 Å². The molecule has 1 heterocycles. The van der Waals surface area contributed by atoms with E-state index < -0.39 is 0 Å². The second-order valence-corrected chi connectivity index (χ2v) is 3.27. The van der Waals surface area contributed by atoms with Crippen LogP contribution in [-0.4, -0.2) is 0 Å². The fourth-order valence-electron chi connectivity index (χ4n) is 1.40. The second kappa shape index (κ2) is 2.67. The highest BCUT2D eigenvalue weighted by molar-refractivity contribution is 5.53. The number of fused-ring (bicyclic) bond motifs is 1. The van der Waals surface area contributed by atoms with E-state index in [1.54, 1.807) is 0 Å². The average Bonchev–Trinajstić information content (AvgIpc) is 2.05. The summed E-state index contributed by atoms with van der Waals surface area (Å²) in [4.78, 5) is 0. The van der Waals surface area contributed by atoms with Gasteiger partial charge in [0.15, 0.2) is 0 Å². The van der Waals surface area contributed by atoms with Crippen LogP contribution in [0.2, 0.25) is 0 Å². The molecule has 0 saturated carbocycles. The van der Waals surface area contributed by atoms with Crippen molar-refractivity contribution < 1.29 is 0 Å². The zero-order valence-corrected chi connectivity index (χ0v) is 7.39. The Bertz CT molecular complexity index is 293. The molecule has 0 aromatic carbocycles. The lowest BCUT2D eigenvalue weighted by molar-refractivity contribution is 1.02. The van der Waals surface area contributed by atoms with Gasteiger partial charge in [-0.1, -0.05) is 17.7 Å². The van der Waals surface area contributed by atoms with Crippen LogP contribution in [0.1, 0.15) is 13.8 Å². The van der Waals surface area contributed by atoms with Gasteiger partial charge in [-0.05, 0) is 31.1 Å². The monoisotopic (exact) mass is 158 g/mol. The Hall–Kier alpha value is -1.24. The minimum Gasteiger partial charge on any atom is -0.361 e. The fourth-order valence-corrected chi connectivity index (χ4v) is 1.40. The van der Waals surface area contributed by atoms with Crippen molar-refractivity contribution in [1.29, 1.82) is 0 Å². The summed E-state index contributed by atoms with van der Waals surface area (Å²) in [6.07, 6.45) is 10.7. The summed E-state index contributed by atoms with van der Waals surface area (Å²) in [5.41, 5.74) is 5.05. The van der Waals surface area contributed by atoms with E-state index in [0.717, 1.165) is 0 Å². The summed E-state index contributed by atoms with van der Waals surface area (Å²) in [5.74, 6) is 0. The fraction of sp³-hybridized carbons (Fsp3) is 0.182. The molecule has 1 aliphatic heterocycles. The number of dihydropyridines is 1. The van der Waals surface area contributed by atoms with Crippen LogP contribution in [0.3, 0.4) is 0 Å². The van der Waals surface area contributed by atoms with Crippen LogP contribution in [0.15, 0.2) is 46.8 Å². The maximum Gasteiger partial charge on any atom is 0.0421 e. The lowest BCUT2D eigenvalue weighted by Gasteiger charge is -2.19. The third kappa shape index (κ3) is 1.22. The van der Waals surface area contributed by atoms with E-state index in [4.69, 9.17) is 0 Å². The molecule has 1 aliphatic carbocycles. The molecule has 1 radical (unpaired) electrons. The molecule has 0 unspecified atom stereocenters. The van der Waals surface area contributed by atoms with Gasteiger partial charge >= 0.3 is 0 Å². The van der Waals surface area contributed by atoms with Crippen LogP contribution < -0.4 is 5.32 Å². The van der Waals surface area contributed by atoms with Crippen molar-refractivity contribution in [3.05, 3.63) is 53.3 Å². The quantitative estimate of drug-likeness (QED) is 0.571. The standard InChI is InChI=1S/C11H12N/c1-8-3-4-10-5-9(2)7-12-11(10)6-8/h3-7,12H,1-2H3. The molecular weight excluding hydrogens is 146 g/mol. The summed E-state index contributed by atoms with van der Waals surface area (Å²) < 4.78 is 0. The Morgan fingerprint density at radius 2 is 1.92 bits per heavy atom. The molecule has 0 saturated heterocycles. The first-order valence-corrected chi connectivity index (χ1v) is 4.14. The first-order valence-electron chi connectivity index (χ1n) is 4.14. The van der Waals surface area contributed by atoms with Gasteiger partial charge < -0.3 is 5.32 Å². The molecule has 1 nitrogen and oxygen atoms in total. The zero-order valence-electron chi connectivity index (χ0n) is 7.39. The first kappa shape index (κ1) is 7.41. The highest BCUT2D eigenvalue weighted by atomic mass is 14.9. The largest absolute Gasteiger partial charge is 0.361 e. The first-order chi connectivity index (χ1) is 5.75. The lowest BCUT2D eigenvalue weighted by atomic mass is 9.96. The predicted octanol–water partition coefficient (Wildman–Crippen LogP) is 2.47. The molecule has 61 valence electrons. The maximum atomic E-state index is 3.26. The Labute approximate surface area is 73.2 Å². The molecule has 0 amide bonds. The van der Waals surface area contributed by atoms with Crippen molar-refractivity contribution in [3.63, 3.8) is 0 Å². The smallest absolute Gasteiger partial charge is 0.0421 e. The number of allylic oxidation sites excluding steroid dienone is 6. The van der Waals surface area contributed by atoms with Crippen molar-refractivity contribution in [2.75, 3.05) is 0 Å². The molecule has 0 aromatic heterocycles. The van der Waals surface area contributed by atoms with Gasteiger partial charge in [0.05, 0.1) is 0 Å². The van der Waals surface area contributed by atoms with Crippen LogP contribution in [0.25, 0.3) is 0 Å². The Morgan fingerprint density at radius 1 is 1.08 bits per heavy atom. The number of hydrogen-bond acceptors (Lipinski definition) is 1. The molecule has 0 aromatic rings. The van der Waals surface area contributed by atoms with Gasteiger partial charge in [0.25, 0.3) is 0 Å². The molecule has 0 bridgehead atoms. The van der Waals surface area contributed by atoms with E-state index in [2.05, 4.69) is 43.8 Å². The van der Waals surface area contributed by atoms with E-state index in [1.165, 1.54) is 22.4 Å². The van der Waals surface area contributed by atoms with Gasteiger partial charge in [0, 0.05) is 18.3 Å². The summed E-state index contributed by atoms with van der Waals surface area (Å²) in [6.45, 7) is 4.20. The summed E-state index contributed by atoms with van der Waals surface area (Å²) in [6, 6.07) is 0. The second-order valence-electron chi connectivity index (χ2n) is 3.27. The van der Waals surface area contributed by atoms with E-state index in [-0.39, 0.29) is 0 Å². The number of rotatable bonds is 0. The summed E-state index contributed by atoms with van der Waals surface area (Å²) in [7, 11) is 0. The molecule has 2 aliphatic rings. The Kier molecular flexibility index (Phi) is 1.65. The van der Waals surface area contributed by atoms with Crippen LogP contribution in [-0.2, 0) is 0 Å². The van der Waals surface area contributed by atoms with E-state index >= 15 is 0 Å². The van der Waals surface area contributed by atoms with Crippen molar-refractivity contribution in [1.82, 2.24) is 5.32 Å². The summed E-state index contributed by atoms with van der Waals surface area (Å²) >= 11 is 0. The van der Waals surface area contributed by atoms with E-state index in [0.29, 0.717) is 0 Å². The minimum atomic E-state index is 1.21. The molecule has 0 fully saturated rings. The van der Waals surface area contributed by atoms with Gasteiger partial charge in [0.1, 0.15) is 0 Å². The van der Waals surface area contributed by atoms with Crippen LogP contribution >= 0.6 is 0 Å². The van der Waals surface area contributed by atoms with Gasteiger partial charge in [-0.15, -0.1) is 0 Å². The summed E-state index contributed by atoms with van der Waals surface area (Å²) in [5, 5.41) is 3.26. The highest BCUT2D eigenvalue weighted by Crippen LogP contribution is 2.24. The van der Waals surface area contributed by atoms with E-state index in [1.807, 2.05) is 6.20 Å². The van der Waals surface area contributed by atoms with Crippen molar-refractivity contribution in [2.45, 2.75) is 13.8 Å². The minimum absolute atomic E-state index is 1.21. The van der Waals surface area contributed by atoms with E-state index in [9.17, 15) is 0 Å². The average molecular weight is 158 g/mol. The van der Waals surface area contributed by atoms with Gasteiger partial charge in [-0.2, -0.15) is 0 Å². The van der Waals surface area contributed by atoms with Gasteiger partial charge in [-0.3, -0.25) is 0 Å². The number of nitrogens with one attached hydrogen (secondary N) is 1. The molecule has 0 spiro atoms. The van der Waals surface area contributed by atoms with Gasteiger partial charge in [0.2, 0.25) is 0 Å². The molecule has 0 atom stereocenters.